The van der Waals surface area contributed by atoms with Crippen molar-refractivity contribution in [3.05, 3.63) is 18.6 Å². The van der Waals surface area contributed by atoms with Crippen molar-refractivity contribution >= 4 is 41.2 Å². The molecule has 0 spiro atoms. The van der Waals surface area contributed by atoms with Crippen LogP contribution in [-0.2, 0) is 23.9 Å². The smallest absolute Gasteiger partial charge is 0.339 e. The van der Waals surface area contributed by atoms with Gasteiger partial charge in [-0.1, -0.05) is 6.92 Å². The van der Waals surface area contributed by atoms with E-state index in [-0.39, 0.29) is 24.8 Å². The molecule has 3 atom stereocenters. The fourth-order valence-corrected chi connectivity index (χ4v) is 3.87. The summed E-state index contributed by atoms with van der Waals surface area (Å²) in [7, 11) is 2.01. The van der Waals surface area contributed by atoms with E-state index in [4.69, 9.17) is 20.6 Å². The Hall–Kier alpha value is -4.25. The number of aliphatic carboxylic acids is 2. The van der Waals surface area contributed by atoms with Crippen LogP contribution < -0.4 is 4.90 Å². The van der Waals surface area contributed by atoms with Crippen molar-refractivity contribution in [2.45, 2.75) is 37.8 Å². The number of carbonyl (C=O) groups is 4. The van der Waals surface area contributed by atoms with Gasteiger partial charge in [0, 0.05) is 26.3 Å². The van der Waals surface area contributed by atoms with Crippen LogP contribution in [0, 0.1) is 17.2 Å². The van der Waals surface area contributed by atoms with Crippen molar-refractivity contribution < 1.29 is 39.2 Å². The fourth-order valence-electron chi connectivity index (χ4n) is 3.87. The van der Waals surface area contributed by atoms with Gasteiger partial charge >= 0.3 is 11.9 Å². The van der Waals surface area contributed by atoms with Gasteiger partial charge in [-0.15, -0.1) is 0 Å². The van der Waals surface area contributed by atoms with Crippen molar-refractivity contribution in [1.29, 1.82) is 5.26 Å². The third-order valence-electron chi connectivity index (χ3n) is 5.90. The van der Waals surface area contributed by atoms with E-state index >= 15 is 0 Å². The first-order valence-corrected chi connectivity index (χ1v) is 10.9. The van der Waals surface area contributed by atoms with Crippen LogP contribution in [0.5, 0.6) is 0 Å². The number of carboxylic acids is 2. The zero-order valence-electron chi connectivity index (χ0n) is 19.8. The number of likely N-dealkylation sites (N-methyl/N-ethyl adjacent to an activating group) is 1. The molecular formula is C22H28N6O8. The Labute approximate surface area is 206 Å². The molecule has 3 rings (SSSR count). The molecule has 0 bridgehead atoms. The molecule has 2 aromatic rings. The van der Waals surface area contributed by atoms with Gasteiger partial charge in [0.2, 0.25) is 11.5 Å². The molecular weight excluding hydrogens is 476 g/mol. The number of H-pyrrole nitrogens is 1. The summed E-state index contributed by atoms with van der Waals surface area (Å²) in [5.41, 5.74) is -1.75. The lowest BCUT2D eigenvalue weighted by Gasteiger charge is -2.42. The standard InChI is InChI=1S/C16H20N6O.C6H8O7/c1-11-5-8-22(14(23)3-6-17)9-13(11)21(2)16-12-4-7-18-15(12)19-10-20-16;7-3-13-2-6(12,5(10)11)1-4(8)9/h4,7,10-11,13H,3,5,8-9H2,1-2H3,(H,18,19,20);3,12H,1-2H2,(H,8,9)(H,10,11)/t11-,13?;/m1./s1. The summed E-state index contributed by atoms with van der Waals surface area (Å²) in [5, 5.41) is 35.5. The number of carboxylic acid groups (broad SMARTS) is 2. The lowest BCUT2D eigenvalue weighted by atomic mass is 9.92. The van der Waals surface area contributed by atoms with Gasteiger partial charge in [0.05, 0.1) is 23.9 Å². The summed E-state index contributed by atoms with van der Waals surface area (Å²) in [6, 6.07) is 4.07. The van der Waals surface area contributed by atoms with Crippen LogP contribution in [0.15, 0.2) is 18.6 Å². The number of rotatable bonds is 9. The second kappa shape index (κ2) is 12.5. The topological polar surface area (TPSA) is 210 Å². The van der Waals surface area contributed by atoms with Gasteiger partial charge in [-0.25, -0.2) is 14.8 Å². The van der Waals surface area contributed by atoms with Gasteiger partial charge in [0.15, 0.2) is 0 Å². The molecule has 1 saturated heterocycles. The Morgan fingerprint density at radius 1 is 1.39 bits per heavy atom. The van der Waals surface area contributed by atoms with Crippen molar-refractivity contribution in [2.75, 3.05) is 31.6 Å². The number of aromatic amines is 1. The minimum absolute atomic E-state index is 0.0552. The third kappa shape index (κ3) is 6.89. The maximum absolute atomic E-state index is 12.0. The Kier molecular flexibility index (Phi) is 9.68. The van der Waals surface area contributed by atoms with Gasteiger partial charge in [-0.3, -0.25) is 14.4 Å². The molecule has 0 aliphatic carbocycles. The van der Waals surface area contributed by atoms with Crippen LogP contribution in [0.25, 0.3) is 11.0 Å². The number of piperidine rings is 1. The first-order chi connectivity index (χ1) is 17.0. The Bertz CT molecular complexity index is 1130. The highest BCUT2D eigenvalue weighted by Gasteiger charge is 2.39. The summed E-state index contributed by atoms with van der Waals surface area (Å²) in [4.78, 5) is 57.9. The number of carbonyl (C=O) groups excluding carboxylic acids is 2. The Morgan fingerprint density at radius 3 is 2.72 bits per heavy atom. The zero-order chi connectivity index (χ0) is 26.9. The highest BCUT2D eigenvalue weighted by molar-refractivity contribution is 5.87. The van der Waals surface area contributed by atoms with Crippen LogP contribution in [-0.4, -0.2) is 97.9 Å². The molecule has 194 valence electrons. The largest absolute Gasteiger partial charge is 0.481 e. The first-order valence-electron chi connectivity index (χ1n) is 10.9. The fraction of sp³-hybridized carbons (Fsp3) is 0.500. The summed E-state index contributed by atoms with van der Waals surface area (Å²) >= 11 is 0. The molecule has 2 unspecified atom stereocenters. The molecule has 4 N–H and O–H groups in total. The molecule has 1 fully saturated rings. The molecule has 1 amide bonds. The maximum Gasteiger partial charge on any atom is 0.339 e. The number of amides is 1. The number of hydrogen-bond donors (Lipinski definition) is 4. The summed E-state index contributed by atoms with van der Waals surface area (Å²) in [5.74, 6) is -2.04. The lowest BCUT2D eigenvalue weighted by Crippen LogP contribution is -2.52. The number of nitrogens with zero attached hydrogens (tertiary/aromatic N) is 5. The van der Waals surface area contributed by atoms with E-state index in [1.165, 1.54) is 0 Å². The number of anilines is 1. The number of aliphatic hydroxyl groups is 1. The average Bonchev–Trinajstić information content (AvgIpc) is 3.32. The molecule has 3 heterocycles. The highest BCUT2D eigenvalue weighted by Crippen LogP contribution is 2.28. The van der Waals surface area contributed by atoms with Gasteiger partial charge in [-0.05, 0) is 18.4 Å². The summed E-state index contributed by atoms with van der Waals surface area (Å²) in [6.45, 7) is 2.57. The predicted octanol–water partition coefficient (Wildman–Crippen LogP) is -0.00542. The van der Waals surface area contributed by atoms with E-state index in [1.54, 1.807) is 11.2 Å². The van der Waals surface area contributed by atoms with Crippen LogP contribution in [0.4, 0.5) is 5.82 Å². The predicted molar refractivity (Wildman–Crippen MR) is 124 cm³/mol. The molecule has 14 nitrogen and oxygen atoms in total. The van der Waals surface area contributed by atoms with Gasteiger partial charge in [-0.2, -0.15) is 5.26 Å². The molecule has 0 radical (unpaired) electrons. The SMILES string of the molecule is C[C@@H]1CCN(C(=O)CC#N)CC1N(C)c1ncnc2[nH]ccc12.O=COCC(O)(CC(=O)O)C(=O)O. The normalized spacial score (nSPS) is 18.7. The number of fused-ring (bicyclic) bond motifs is 1. The van der Waals surface area contributed by atoms with Gasteiger partial charge < -0.3 is 34.8 Å². The number of likely N-dealkylation sites (tertiary alicyclic amines) is 1. The second-order valence-corrected chi connectivity index (χ2v) is 8.37. The van der Waals surface area contributed by atoms with Crippen molar-refractivity contribution in [3.63, 3.8) is 0 Å². The average molecular weight is 505 g/mol. The number of ether oxygens (including phenoxy) is 1. The first kappa shape index (κ1) is 28.0. The molecule has 0 saturated carbocycles. The Balaban J connectivity index is 0.000000302. The highest BCUT2D eigenvalue weighted by atomic mass is 16.5. The quantitative estimate of drug-likeness (QED) is 0.332. The summed E-state index contributed by atoms with van der Waals surface area (Å²) in [6.07, 6.45) is 3.24. The summed E-state index contributed by atoms with van der Waals surface area (Å²) < 4.78 is 3.99. The van der Waals surface area contributed by atoms with Crippen molar-refractivity contribution in [2.24, 2.45) is 5.92 Å². The van der Waals surface area contributed by atoms with Crippen LogP contribution in [0.3, 0.4) is 0 Å². The van der Waals surface area contributed by atoms with Crippen molar-refractivity contribution in [1.82, 2.24) is 19.9 Å². The van der Waals surface area contributed by atoms with Gasteiger partial charge in [0.1, 0.15) is 30.8 Å². The number of aromatic nitrogens is 3. The molecule has 1 aliphatic rings. The number of nitriles is 1. The molecule has 36 heavy (non-hydrogen) atoms. The monoisotopic (exact) mass is 504 g/mol. The number of nitrogens with one attached hydrogen (secondary N) is 1. The molecule has 1 aliphatic heterocycles. The van der Waals surface area contributed by atoms with E-state index in [0.29, 0.717) is 12.5 Å². The van der Waals surface area contributed by atoms with Crippen LogP contribution >= 0.6 is 0 Å². The maximum atomic E-state index is 12.0. The second-order valence-electron chi connectivity index (χ2n) is 8.37. The van der Waals surface area contributed by atoms with Crippen molar-refractivity contribution in [3.8, 4) is 6.07 Å². The van der Waals surface area contributed by atoms with E-state index in [0.717, 1.165) is 29.8 Å². The molecule has 0 aromatic carbocycles. The zero-order valence-corrected chi connectivity index (χ0v) is 19.8. The van der Waals surface area contributed by atoms with E-state index in [2.05, 4.69) is 31.5 Å². The molecule has 14 heteroatoms. The van der Waals surface area contributed by atoms with E-state index in [1.807, 2.05) is 25.4 Å². The van der Waals surface area contributed by atoms with Crippen LogP contribution in [0.1, 0.15) is 26.2 Å². The minimum Gasteiger partial charge on any atom is -0.481 e. The van der Waals surface area contributed by atoms with E-state index < -0.39 is 30.6 Å². The lowest BCUT2D eigenvalue weighted by molar-refractivity contribution is -0.172. The number of hydrogen-bond acceptors (Lipinski definition) is 10. The minimum atomic E-state index is -2.56. The Morgan fingerprint density at radius 2 is 2.11 bits per heavy atom. The molecule has 2 aromatic heterocycles. The van der Waals surface area contributed by atoms with Crippen LogP contribution in [0.2, 0.25) is 0 Å². The van der Waals surface area contributed by atoms with Gasteiger partial charge in [0.25, 0.3) is 6.47 Å². The van der Waals surface area contributed by atoms with E-state index in [9.17, 15) is 19.2 Å². The third-order valence-corrected chi connectivity index (χ3v) is 5.90.